The van der Waals surface area contributed by atoms with Gasteiger partial charge in [-0.25, -0.2) is 9.59 Å². The molecular weight excluding hydrogens is 288 g/mol. The van der Waals surface area contributed by atoms with Crippen molar-refractivity contribution in [3.63, 3.8) is 0 Å². The van der Waals surface area contributed by atoms with Crippen LogP contribution in [-0.2, 0) is 4.74 Å². The van der Waals surface area contributed by atoms with E-state index in [2.05, 4.69) is 5.32 Å². The van der Waals surface area contributed by atoms with Crippen LogP contribution in [0, 0.1) is 0 Å². The van der Waals surface area contributed by atoms with Gasteiger partial charge in [0.25, 0.3) is 0 Å². The van der Waals surface area contributed by atoms with Crippen LogP contribution in [0.3, 0.4) is 0 Å². The van der Waals surface area contributed by atoms with Gasteiger partial charge in [0.05, 0.1) is 12.2 Å². The predicted octanol–water partition coefficient (Wildman–Crippen LogP) is 2.26. The van der Waals surface area contributed by atoms with Crippen molar-refractivity contribution in [3.05, 3.63) is 23.8 Å². The molecule has 0 atom stereocenters. The van der Waals surface area contributed by atoms with E-state index in [1.54, 1.807) is 26.8 Å². The van der Waals surface area contributed by atoms with E-state index in [1.165, 1.54) is 12.1 Å². The lowest BCUT2D eigenvalue weighted by Crippen LogP contribution is -2.33. The molecule has 0 saturated heterocycles. The molecule has 22 heavy (non-hydrogen) atoms. The van der Waals surface area contributed by atoms with Crippen LogP contribution in [0.4, 0.5) is 10.5 Å². The van der Waals surface area contributed by atoms with E-state index in [1.807, 2.05) is 0 Å². The van der Waals surface area contributed by atoms with Crippen molar-refractivity contribution in [2.24, 2.45) is 0 Å². The Labute approximate surface area is 129 Å². The van der Waals surface area contributed by atoms with Crippen molar-refractivity contribution in [1.29, 1.82) is 0 Å². The summed E-state index contributed by atoms with van der Waals surface area (Å²) in [5.41, 5.74) is 5.21. The van der Waals surface area contributed by atoms with Crippen molar-refractivity contribution < 1.29 is 24.2 Å². The molecule has 1 amide bonds. The number of nitrogens with two attached hydrogens (primary N) is 1. The van der Waals surface area contributed by atoms with Gasteiger partial charge in [0.15, 0.2) is 0 Å². The second kappa shape index (κ2) is 7.53. The van der Waals surface area contributed by atoms with Gasteiger partial charge in [0.1, 0.15) is 11.4 Å². The maximum Gasteiger partial charge on any atom is 0.407 e. The summed E-state index contributed by atoms with van der Waals surface area (Å²) >= 11 is 0. The highest BCUT2D eigenvalue weighted by Gasteiger charge is 2.15. The molecule has 0 saturated carbocycles. The second-order valence-corrected chi connectivity index (χ2v) is 5.68. The molecule has 0 aromatic heterocycles. The van der Waals surface area contributed by atoms with E-state index in [0.717, 1.165) is 0 Å². The largest absolute Gasteiger partial charge is 0.494 e. The smallest absolute Gasteiger partial charge is 0.407 e. The number of carbonyl (C=O) groups is 2. The molecular formula is C15H22N2O5. The Balaban J connectivity index is 2.32. The number of hydrogen-bond donors (Lipinski definition) is 3. The molecule has 1 aromatic rings. The van der Waals surface area contributed by atoms with Gasteiger partial charge in [-0.2, -0.15) is 0 Å². The molecule has 0 aliphatic rings. The SMILES string of the molecule is CC(C)(C)OC(=O)NCCCOc1ccc(N)c(C(=O)O)c1. The first kappa shape index (κ1) is 17.6. The number of rotatable bonds is 6. The van der Waals surface area contributed by atoms with Gasteiger partial charge in [0.2, 0.25) is 0 Å². The lowest BCUT2D eigenvalue weighted by Gasteiger charge is -2.19. The lowest BCUT2D eigenvalue weighted by molar-refractivity contribution is 0.0524. The van der Waals surface area contributed by atoms with Gasteiger partial charge in [-0.1, -0.05) is 0 Å². The van der Waals surface area contributed by atoms with E-state index in [4.69, 9.17) is 20.3 Å². The molecule has 7 heteroatoms. The van der Waals surface area contributed by atoms with E-state index in [0.29, 0.717) is 25.3 Å². The van der Waals surface area contributed by atoms with E-state index < -0.39 is 17.7 Å². The van der Waals surface area contributed by atoms with E-state index in [-0.39, 0.29) is 11.3 Å². The van der Waals surface area contributed by atoms with Crippen molar-refractivity contribution in [1.82, 2.24) is 5.32 Å². The summed E-state index contributed by atoms with van der Waals surface area (Å²) < 4.78 is 10.5. The van der Waals surface area contributed by atoms with Crippen molar-refractivity contribution in [2.75, 3.05) is 18.9 Å². The predicted molar refractivity (Wildman–Crippen MR) is 82.2 cm³/mol. The summed E-state index contributed by atoms with van der Waals surface area (Å²) in [5.74, 6) is -0.682. The van der Waals surface area contributed by atoms with Crippen LogP contribution in [0.1, 0.15) is 37.6 Å². The first-order chi connectivity index (χ1) is 10.2. The number of ether oxygens (including phenoxy) is 2. The second-order valence-electron chi connectivity index (χ2n) is 5.68. The summed E-state index contributed by atoms with van der Waals surface area (Å²) in [7, 11) is 0. The minimum Gasteiger partial charge on any atom is -0.494 e. The number of carbonyl (C=O) groups excluding carboxylic acids is 1. The standard InChI is InChI=1S/C15H22N2O5/c1-15(2,3)22-14(20)17-7-4-8-21-10-5-6-12(16)11(9-10)13(18)19/h5-6,9H,4,7-8,16H2,1-3H3,(H,17,20)(H,18,19). The maximum absolute atomic E-state index is 11.4. The Morgan fingerprint density at radius 3 is 2.59 bits per heavy atom. The van der Waals surface area contributed by atoms with Gasteiger partial charge in [-0.15, -0.1) is 0 Å². The zero-order valence-electron chi connectivity index (χ0n) is 13.0. The Hall–Kier alpha value is -2.44. The highest BCUT2D eigenvalue weighted by Crippen LogP contribution is 2.19. The third-order valence-corrected chi connectivity index (χ3v) is 2.51. The number of nitrogen functional groups attached to an aromatic ring is 1. The van der Waals surface area contributed by atoms with Gasteiger partial charge in [-0.3, -0.25) is 0 Å². The first-order valence-electron chi connectivity index (χ1n) is 6.91. The van der Waals surface area contributed by atoms with Crippen LogP contribution in [0.15, 0.2) is 18.2 Å². The third-order valence-electron chi connectivity index (χ3n) is 2.51. The molecule has 0 fully saturated rings. The van der Waals surface area contributed by atoms with Crippen LogP contribution < -0.4 is 15.8 Å². The average Bonchev–Trinajstić information content (AvgIpc) is 2.37. The van der Waals surface area contributed by atoms with Gasteiger partial charge < -0.3 is 25.6 Å². The summed E-state index contributed by atoms with van der Waals surface area (Å²) in [6, 6.07) is 4.46. The topological polar surface area (TPSA) is 111 Å². The fourth-order valence-corrected chi connectivity index (χ4v) is 1.58. The number of amides is 1. The van der Waals surface area contributed by atoms with Crippen LogP contribution in [0.5, 0.6) is 5.75 Å². The molecule has 0 spiro atoms. The van der Waals surface area contributed by atoms with Crippen molar-refractivity contribution >= 4 is 17.7 Å². The number of benzene rings is 1. The summed E-state index contributed by atoms with van der Waals surface area (Å²) in [6.45, 7) is 6.10. The summed E-state index contributed by atoms with van der Waals surface area (Å²) in [4.78, 5) is 22.3. The minimum atomic E-state index is -1.10. The molecule has 0 heterocycles. The molecule has 0 unspecified atom stereocenters. The summed E-state index contributed by atoms with van der Waals surface area (Å²) in [6.07, 6.45) is 0.0830. The maximum atomic E-state index is 11.4. The van der Waals surface area contributed by atoms with Crippen LogP contribution in [0.25, 0.3) is 0 Å². The van der Waals surface area contributed by atoms with Gasteiger partial charge >= 0.3 is 12.1 Å². The molecule has 0 aliphatic heterocycles. The van der Waals surface area contributed by atoms with Crippen molar-refractivity contribution in [3.8, 4) is 5.75 Å². The minimum absolute atomic E-state index is 0.00406. The zero-order valence-corrected chi connectivity index (χ0v) is 13.0. The number of carboxylic acid groups (broad SMARTS) is 1. The Morgan fingerprint density at radius 1 is 1.32 bits per heavy atom. The molecule has 0 radical (unpaired) electrons. The Bertz CT molecular complexity index is 537. The van der Waals surface area contributed by atoms with Crippen LogP contribution >= 0.6 is 0 Å². The van der Waals surface area contributed by atoms with Crippen molar-refractivity contribution in [2.45, 2.75) is 32.8 Å². The quantitative estimate of drug-likeness (QED) is 0.549. The monoisotopic (exact) mass is 310 g/mol. The Kier molecular flexibility index (Phi) is 6.03. The molecule has 0 bridgehead atoms. The molecule has 4 N–H and O–H groups in total. The number of alkyl carbamates (subject to hydrolysis) is 1. The van der Waals surface area contributed by atoms with Crippen LogP contribution in [-0.4, -0.2) is 35.9 Å². The third kappa shape index (κ3) is 6.34. The molecule has 0 aliphatic carbocycles. The highest BCUT2D eigenvalue weighted by atomic mass is 16.6. The fraction of sp³-hybridized carbons (Fsp3) is 0.467. The van der Waals surface area contributed by atoms with Gasteiger partial charge in [0, 0.05) is 12.2 Å². The van der Waals surface area contributed by atoms with E-state index >= 15 is 0 Å². The van der Waals surface area contributed by atoms with Gasteiger partial charge in [-0.05, 0) is 45.4 Å². The lowest BCUT2D eigenvalue weighted by atomic mass is 10.2. The highest BCUT2D eigenvalue weighted by molar-refractivity contribution is 5.94. The summed E-state index contributed by atoms with van der Waals surface area (Å²) in [5, 5.41) is 11.6. The Morgan fingerprint density at radius 2 is 2.00 bits per heavy atom. The number of aromatic carboxylic acids is 1. The molecule has 122 valence electrons. The van der Waals surface area contributed by atoms with Crippen LogP contribution in [0.2, 0.25) is 0 Å². The molecule has 7 nitrogen and oxygen atoms in total. The molecule has 1 aromatic carbocycles. The number of hydrogen-bond acceptors (Lipinski definition) is 5. The van der Waals surface area contributed by atoms with E-state index in [9.17, 15) is 9.59 Å². The number of anilines is 1. The number of nitrogens with one attached hydrogen (secondary N) is 1. The molecule has 1 rings (SSSR count). The zero-order chi connectivity index (χ0) is 16.8. The first-order valence-corrected chi connectivity index (χ1v) is 6.91. The fourth-order valence-electron chi connectivity index (χ4n) is 1.58. The number of carboxylic acids is 1. The average molecular weight is 310 g/mol. The normalized spacial score (nSPS) is 10.9.